The summed E-state index contributed by atoms with van der Waals surface area (Å²) >= 11 is 1.63. The predicted octanol–water partition coefficient (Wildman–Crippen LogP) is 3.57. The highest BCUT2D eigenvalue weighted by atomic mass is 32.1. The molecule has 124 valence electrons. The molecule has 0 aliphatic heterocycles. The van der Waals surface area contributed by atoms with E-state index in [2.05, 4.69) is 32.5 Å². The van der Waals surface area contributed by atoms with Crippen LogP contribution in [0.4, 0.5) is 4.39 Å². The van der Waals surface area contributed by atoms with E-state index in [0.717, 1.165) is 22.7 Å². The summed E-state index contributed by atoms with van der Waals surface area (Å²) in [4.78, 5) is 6.13. The van der Waals surface area contributed by atoms with E-state index in [-0.39, 0.29) is 5.82 Å². The molecule has 2 aromatic heterocycles. The van der Waals surface area contributed by atoms with Crippen molar-refractivity contribution < 1.29 is 4.39 Å². The van der Waals surface area contributed by atoms with E-state index in [0.29, 0.717) is 12.4 Å². The van der Waals surface area contributed by atoms with Crippen LogP contribution in [0, 0.1) is 5.82 Å². The molecule has 0 spiro atoms. The molecule has 0 atom stereocenters. The molecule has 2 heterocycles. The molecular formula is C18H14FN5S. The average Bonchev–Trinajstić information content (AvgIpc) is 3.27. The zero-order valence-electron chi connectivity index (χ0n) is 13.2. The van der Waals surface area contributed by atoms with Crippen molar-refractivity contribution in [2.24, 2.45) is 0 Å². The van der Waals surface area contributed by atoms with Gasteiger partial charge in [-0.05, 0) is 35.0 Å². The Bertz CT molecular complexity index is 963. The zero-order chi connectivity index (χ0) is 17.1. The number of thiazole rings is 1. The van der Waals surface area contributed by atoms with Gasteiger partial charge < -0.3 is 0 Å². The first-order valence-electron chi connectivity index (χ1n) is 7.77. The highest BCUT2D eigenvalue weighted by Gasteiger charge is 2.09. The zero-order valence-corrected chi connectivity index (χ0v) is 14.0. The maximum Gasteiger partial charge on any atom is 0.204 e. The predicted molar refractivity (Wildman–Crippen MR) is 93.7 cm³/mol. The van der Waals surface area contributed by atoms with Crippen LogP contribution in [0.1, 0.15) is 16.3 Å². The lowest BCUT2D eigenvalue weighted by Crippen LogP contribution is -2.04. The molecule has 4 rings (SSSR count). The van der Waals surface area contributed by atoms with E-state index in [9.17, 15) is 4.39 Å². The van der Waals surface area contributed by atoms with Crippen molar-refractivity contribution in [3.63, 3.8) is 0 Å². The molecule has 2 aromatic carbocycles. The van der Waals surface area contributed by atoms with Crippen molar-refractivity contribution >= 4 is 11.3 Å². The largest absolute Gasteiger partial charge is 0.244 e. The van der Waals surface area contributed by atoms with Crippen molar-refractivity contribution in [1.82, 2.24) is 25.2 Å². The SMILES string of the molecule is Fc1ccc(-c2nnn(Cc3csc(Cc4ccccc4)n3)n2)cc1. The van der Waals surface area contributed by atoms with Gasteiger partial charge in [-0.1, -0.05) is 30.3 Å². The van der Waals surface area contributed by atoms with E-state index in [4.69, 9.17) is 0 Å². The van der Waals surface area contributed by atoms with E-state index in [1.165, 1.54) is 22.5 Å². The summed E-state index contributed by atoms with van der Waals surface area (Å²) in [6, 6.07) is 16.3. The number of hydrogen-bond donors (Lipinski definition) is 0. The number of halogens is 1. The summed E-state index contributed by atoms with van der Waals surface area (Å²) < 4.78 is 13.0. The van der Waals surface area contributed by atoms with Crippen molar-refractivity contribution in [3.05, 3.63) is 82.1 Å². The fourth-order valence-electron chi connectivity index (χ4n) is 2.44. The minimum atomic E-state index is -0.287. The lowest BCUT2D eigenvalue weighted by atomic mass is 10.2. The summed E-state index contributed by atoms with van der Waals surface area (Å²) in [6.45, 7) is 0.458. The second kappa shape index (κ2) is 6.90. The standard InChI is InChI=1S/C18H14FN5S/c19-15-8-6-14(7-9-15)18-21-23-24(22-18)11-16-12-25-17(20-16)10-13-4-2-1-3-5-13/h1-9,12H,10-11H2. The van der Waals surface area contributed by atoms with Gasteiger partial charge >= 0.3 is 0 Å². The molecule has 7 heteroatoms. The summed E-state index contributed by atoms with van der Waals surface area (Å²) in [5.74, 6) is 0.185. The van der Waals surface area contributed by atoms with Crippen LogP contribution in [0.2, 0.25) is 0 Å². The number of rotatable bonds is 5. The molecule has 0 saturated carbocycles. The second-order valence-corrected chi connectivity index (χ2v) is 6.49. The molecule has 0 unspecified atom stereocenters. The van der Waals surface area contributed by atoms with Gasteiger partial charge in [-0.3, -0.25) is 0 Å². The lowest BCUT2D eigenvalue weighted by molar-refractivity contribution is 0.565. The Hall–Kier alpha value is -2.93. The van der Waals surface area contributed by atoms with Gasteiger partial charge in [0, 0.05) is 17.4 Å². The van der Waals surface area contributed by atoms with Crippen LogP contribution in [-0.2, 0) is 13.0 Å². The smallest absolute Gasteiger partial charge is 0.204 e. The second-order valence-electron chi connectivity index (χ2n) is 5.55. The molecule has 0 saturated heterocycles. The van der Waals surface area contributed by atoms with Crippen LogP contribution in [0.15, 0.2) is 60.0 Å². The Labute approximate surface area is 147 Å². The Kier molecular flexibility index (Phi) is 4.30. The molecule has 0 radical (unpaired) electrons. The third-order valence-electron chi connectivity index (χ3n) is 3.66. The van der Waals surface area contributed by atoms with Crippen LogP contribution in [0.25, 0.3) is 11.4 Å². The molecule has 0 amide bonds. The highest BCUT2D eigenvalue weighted by molar-refractivity contribution is 7.09. The van der Waals surface area contributed by atoms with Gasteiger partial charge in [-0.25, -0.2) is 9.37 Å². The number of aromatic nitrogens is 5. The first-order valence-corrected chi connectivity index (χ1v) is 8.65. The van der Waals surface area contributed by atoms with Gasteiger partial charge in [0.05, 0.1) is 10.7 Å². The Balaban J connectivity index is 1.45. The van der Waals surface area contributed by atoms with E-state index >= 15 is 0 Å². The van der Waals surface area contributed by atoms with Gasteiger partial charge in [0.2, 0.25) is 5.82 Å². The van der Waals surface area contributed by atoms with Gasteiger partial charge in [0.1, 0.15) is 12.4 Å². The first-order chi connectivity index (χ1) is 12.3. The van der Waals surface area contributed by atoms with Crippen molar-refractivity contribution in [3.8, 4) is 11.4 Å². The maximum absolute atomic E-state index is 13.0. The molecule has 0 fully saturated rings. The molecule has 0 N–H and O–H groups in total. The van der Waals surface area contributed by atoms with E-state index in [1.54, 1.807) is 23.5 Å². The summed E-state index contributed by atoms with van der Waals surface area (Å²) in [5.41, 5.74) is 2.87. The number of benzene rings is 2. The Morgan fingerprint density at radius 3 is 2.60 bits per heavy atom. The fourth-order valence-corrected chi connectivity index (χ4v) is 3.26. The topological polar surface area (TPSA) is 56.5 Å². The van der Waals surface area contributed by atoms with Gasteiger partial charge in [-0.15, -0.1) is 21.5 Å². The van der Waals surface area contributed by atoms with Gasteiger partial charge in [0.25, 0.3) is 0 Å². The van der Waals surface area contributed by atoms with Crippen LogP contribution in [0.5, 0.6) is 0 Å². The van der Waals surface area contributed by atoms with Crippen LogP contribution < -0.4 is 0 Å². The van der Waals surface area contributed by atoms with Crippen molar-refractivity contribution in [1.29, 1.82) is 0 Å². The average molecular weight is 351 g/mol. The van der Waals surface area contributed by atoms with Crippen LogP contribution >= 0.6 is 11.3 Å². The monoisotopic (exact) mass is 351 g/mol. The van der Waals surface area contributed by atoms with Crippen LogP contribution in [0.3, 0.4) is 0 Å². The van der Waals surface area contributed by atoms with Crippen LogP contribution in [-0.4, -0.2) is 25.2 Å². The van der Waals surface area contributed by atoms with Crippen molar-refractivity contribution in [2.75, 3.05) is 0 Å². The molecular weight excluding hydrogens is 337 g/mol. The summed E-state index contributed by atoms with van der Waals surface area (Å²) in [7, 11) is 0. The molecule has 4 aromatic rings. The molecule has 0 bridgehead atoms. The Morgan fingerprint density at radius 1 is 1.00 bits per heavy atom. The highest BCUT2D eigenvalue weighted by Crippen LogP contribution is 2.16. The first kappa shape index (κ1) is 15.6. The molecule has 0 aliphatic rings. The number of tetrazole rings is 1. The Morgan fingerprint density at radius 2 is 1.80 bits per heavy atom. The molecule has 0 aliphatic carbocycles. The lowest BCUT2D eigenvalue weighted by Gasteiger charge is -1.97. The maximum atomic E-state index is 13.0. The van der Waals surface area contributed by atoms with Gasteiger partial charge in [0.15, 0.2) is 0 Å². The summed E-state index contributed by atoms with van der Waals surface area (Å²) in [5, 5.41) is 15.5. The van der Waals surface area contributed by atoms with Crippen molar-refractivity contribution in [2.45, 2.75) is 13.0 Å². The fraction of sp³-hybridized carbons (Fsp3) is 0.111. The normalized spacial score (nSPS) is 10.9. The molecule has 5 nitrogen and oxygen atoms in total. The number of nitrogens with zero attached hydrogens (tertiary/aromatic N) is 5. The minimum absolute atomic E-state index is 0.287. The van der Waals surface area contributed by atoms with Gasteiger partial charge in [-0.2, -0.15) is 4.80 Å². The number of hydrogen-bond acceptors (Lipinski definition) is 5. The minimum Gasteiger partial charge on any atom is -0.244 e. The third-order valence-corrected chi connectivity index (χ3v) is 4.55. The summed E-state index contributed by atoms with van der Waals surface area (Å²) in [6.07, 6.45) is 0.817. The molecule has 25 heavy (non-hydrogen) atoms. The van der Waals surface area contributed by atoms with E-state index < -0.39 is 0 Å². The third kappa shape index (κ3) is 3.77. The van der Waals surface area contributed by atoms with E-state index in [1.807, 2.05) is 23.6 Å². The quantitative estimate of drug-likeness (QED) is 0.551.